The highest BCUT2D eigenvalue weighted by atomic mass is 32.2. The van der Waals surface area contributed by atoms with Gasteiger partial charge in [0.1, 0.15) is 5.82 Å². The topological polar surface area (TPSA) is 87.3 Å². The van der Waals surface area contributed by atoms with E-state index in [1.165, 1.54) is 0 Å². The smallest absolute Gasteiger partial charge is 0.403 e. The van der Waals surface area contributed by atoms with Crippen molar-refractivity contribution in [2.24, 2.45) is 0 Å². The first-order valence-corrected chi connectivity index (χ1v) is 9.90. The van der Waals surface area contributed by atoms with Crippen LogP contribution < -0.4 is 9.46 Å². The lowest BCUT2D eigenvalue weighted by atomic mass is 10.1. The number of nitrogens with zero attached hydrogens (tertiary/aromatic N) is 2. The number of ether oxygens (including phenoxy) is 1. The number of imidazole rings is 1. The number of hydrogen-bond acceptors (Lipinski definition) is 5. The Kier molecular flexibility index (Phi) is 5.64. The summed E-state index contributed by atoms with van der Waals surface area (Å²) in [5.41, 5.74) is 0.375. The lowest BCUT2D eigenvalue weighted by Crippen LogP contribution is -2.46. The molecule has 1 aliphatic rings. The molecule has 0 amide bonds. The average molecular weight is 422 g/mol. The van der Waals surface area contributed by atoms with Crippen molar-refractivity contribution in [2.45, 2.75) is 31.8 Å². The summed E-state index contributed by atoms with van der Waals surface area (Å²) in [7, 11) is -3.54. The zero-order valence-corrected chi connectivity index (χ0v) is 15.4. The molecule has 0 saturated carbocycles. The molecule has 0 spiro atoms. The molecule has 2 N–H and O–H groups in total. The average Bonchev–Trinajstić information content (AvgIpc) is 2.94. The molecular formula is C16H18F4N4O3S. The van der Waals surface area contributed by atoms with E-state index in [0.717, 1.165) is 24.0 Å². The highest BCUT2D eigenvalue weighted by Crippen LogP contribution is 2.29. The van der Waals surface area contributed by atoms with Gasteiger partial charge in [0.25, 0.3) is 0 Å². The molecule has 1 saturated heterocycles. The zero-order chi connectivity index (χ0) is 20.5. The quantitative estimate of drug-likeness (QED) is 0.699. The van der Waals surface area contributed by atoms with Crippen LogP contribution >= 0.6 is 0 Å². The van der Waals surface area contributed by atoms with E-state index in [0.29, 0.717) is 31.9 Å². The van der Waals surface area contributed by atoms with Gasteiger partial charge in [-0.2, -0.15) is 0 Å². The van der Waals surface area contributed by atoms with Gasteiger partial charge in [-0.1, -0.05) is 6.58 Å². The minimum Gasteiger partial charge on any atom is -0.403 e. The first-order chi connectivity index (χ1) is 13.0. The number of rotatable bonds is 6. The SMILES string of the molecule is C=CS(=O)(=O)NC1CCCN(Cc2nc3cc(OC(F)(F)F)c(F)cc3[nH]2)C1. The number of fused-ring (bicyclic) bond motifs is 1. The number of H-pyrrole nitrogens is 1. The third-order valence-corrected chi connectivity index (χ3v) is 5.34. The van der Waals surface area contributed by atoms with E-state index in [4.69, 9.17) is 0 Å². The summed E-state index contributed by atoms with van der Waals surface area (Å²) >= 11 is 0. The second-order valence-corrected chi connectivity index (χ2v) is 8.09. The molecule has 0 bridgehead atoms. The third-order valence-electron chi connectivity index (χ3n) is 4.24. The molecule has 1 aromatic carbocycles. The van der Waals surface area contributed by atoms with Crippen LogP contribution in [0.3, 0.4) is 0 Å². The van der Waals surface area contributed by atoms with Crippen molar-refractivity contribution < 1.29 is 30.7 Å². The van der Waals surface area contributed by atoms with Gasteiger partial charge in [0, 0.05) is 30.1 Å². The number of likely N-dealkylation sites (tertiary alicyclic amines) is 1. The number of nitrogens with one attached hydrogen (secondary N) is 2. The first kappa shape index (κ1) is 20.6. The number of hydrogen-bond donors (Lipinski definition) is 2. The number of benzene rings is 1. The second kappa shape index (κ2) is 7.68. The Morgan fingerprint density at radius 2 is 2.18 bits per heavy atom. The minimum atomic E-state index is -5.00. The van der Waals surface area contributed by atoms with Gasteiger partial charge in [0.2, 0.25) is 10.0 Å². The van der Waals surface area contributed by atoms with Gasteiger partial charge in [-0.25, -0.2) is 22.5 Å². The summed E-state index contributed by atoms with van der Waals surface area (Å²) in [5.74, 6) is -1.68. The molecule has 0 radical (unpaired) electrons. The number of piperidine rings is 1. The first-order valence-electron chi connectivity index (χ1n) is 8.35. The summed E-state index contributed by atoms with van der Waals surface area (Å²) in [6.07, 6.45) is -3.58. The Morgan fingerprint density at radius 3 is 2.86 bits per heavy atom. The van der Waals surface area contributed by atoms with E-state index in [1.54, 1.807) is 0 Å². The van der Waals surface area contributed by atoms with E-state index >= 15 is 0 Å². The van der Waals surface area contributed by atoms with Crippen LogP contribution in [0.25, 0.3) is 11.0 Å². The van der Waals surface area contributed by atoms with Crippen LogP contribution in [0, 0.1) is 5.82 Å². The molecule has 154 valence electrons. The molecule has 1 fully saturated rings. The van der Waals surface area contributed by atoms with Crippen molar-refractivity contribution in [1.29, 1.82) is 0 Å². The van der Waals surface area contributed by atoms with Gasteiger partial charge < -0.3 is 9.72 Å². The molecule has 0 aliphatic carbocycles. The summed E-state index contributed by atoms with van der Waals surface area (Å²) in [5, 5.41) is 0.848. The highest BCUT2D eigenvalue weighted by Gasteiger charge is 2.32. The Hall–Kier alpha value is -2.18. The standard InChI is InChI=1S/C16H18F4N4O3S/c1-2-28(25,26)23-10-4-3-5-24(8-10)9-15-21-12-6-11(17)14(7-13(12)22-15)27-16(18,19)20/h2,6-7,10,23H,1,3-5,8-9H2,(H,21,22). The maximum atomic E-state index is 13.8. The van der Waals surface area contributed by atoms with Gasteiger partial charge in [-0.15, -0.1) is 13.2 Å². The summed E-state index contributed by atoms with van der Waals surface area (Å²) in [6.45, 7) is 4.68. The highest BCUT2D eigenvalue weighted by molar-refractivity contribution is 7.92. The lowest BCUT2D eigenvalue weighted by Gasteiger charge is -2.32. The Balaban J connectivity index is 1.72. The van der Waals surface area contributed by atoms with Crippen molar-refractivity contribution in [2.75, 3.05) is 13.1 Å². The van der Waals surface area contributed by atoms with Crippen LogP contribution in [0.1, 0.15) is 18.7 Å². The molecule has 1 aliphatic heterocycles. The number of aromatic nitrogens is 2. The van der Waals surface area contributed by atoms with E-state index in [1.807, 2.05) is 4.90 Å². The van der Waals surface area contributed by atoms with Gasteiger partial charge in [-0.3, -0.25) is 4.90 Å². The predicted octanol–water partition coefficient (Wildman–Crippen LogP) is 2.63. The maximum Gasteiger partial charge on any atom is 0.573 e. The Morgan fingerprint density at radius 1 is 1.43 bits per heavy atom. The molecule has 12 heteroatoms. The maximum absolute atomic E-state index is 13.8. The van der Waals surface area contributed by atoms with Gasteiger partial charge >= 0.3 is 6.36 Å². The van der Waals surface area contributed by atoms with Crippen molar-refractivity contribution in [3.63, 3.8) is 0 Å². The molecule has 7 nitrogen and oxygen atoms in total. The molecule has 2 aromatic rings. The van der Waals surface area contributed by atoms with Crippen molar-refractivity contribution in [1.82, 2.24) is 19.6 Å². The molecule has 28 heavy (non-hydrogen) atoms. The van der Waals surface area contributed by atoms with Crippen molar-refractivity contribution in [3.05, 3.63) is 35.8 Å². The van der Waals surface area contributed by atoms with E-state index in [9.17, 15) is 26.0 Å². The fraction of sp³-hybridized carbons (Fsp3) is 0.438. The van der Waals surface area contributed by atoms with Crippen LogP contribution in [-0.4, -0.2) is 48.8 Å². The lowest BCUT2D eigenvalue weighted by molar-refractivity contribution is -0.275. The number of sulfonamides is 1. The summed E-state index contributed by atoms with van der Waals surface area (Å²) in [4.78, 5) is 9.00. The predicted molar refractivity (Wildman–Crippen MR) is 93.3 cm³/mol. The number of halogens is 4. The molecule has 2 heterocycles. The second-order valence-electron chi connectivity index (χ2n) is 6.43. The number of aromatic amines is 1. The van der Waals surface area contributed by atoms with E-state index in [2.05, 4.69) is 26.0 Å². The largest absolute Gasteiger partial charge is 0.573 e. The molecule has 3 rings (SSSR count). The van der Waals surface area contributed by atoms with Crippen molar-refractivity contribution >= 4 is 21.1 Å². The van der Waals surface area contributed by atoms with Gasteiger partial charge in [-0.05, 0) is 19.4 Å². The normalized spacial score (nSPS) is 19.1. The van der Waals surface area contributed by atoms with Crippen LogP contribution in [0.5, 0.6) is 5.75 Å². The Labute approximate surface area is 158 Å². The molecule has 1 atom stereocenters. The molecular weight excluding hydrogens is 404 g/mol. The monoisotopic (exact) mass is 422 g/mol. The fourth-order valence-electron chi connectivity index (χ4n) is 3.13. The van der Waals surface area contributed by atoms with E-state index < -0.39 is 28.0 Å². The molecule has 1 aromatic heterocycles. The van der Waals surface area contributed by atoms with Crippen LogP contribution in [0.15, 0.2) is 24.1 Å². The van der Waals surface area contributed by atoms with Gasteiger partial charge in [0.15, 0.2) is 11.6 Å². The number of alkyl halides is 3. The minimum absolute atomic E-state index is 0.136. The van der Waals surface area contributed by atoms with Gasteiger partial charge in [0.05, 0.1) is 17.6 Å². The van der Waals surface area contributed by atoms with Crippen molar-refractivity contribution in [3.8, 4) is 5.75 Å². The van der Waals surface area contributed by atoms with Crippen LogP contribution in [0.4, 0.5) is 17.6 Å². The summed E-state index contributed by atoms with van der Waals surface area (Å²) < 4.78 is 80.2. The molecule has 1 unspecified atom stereocenters. The Bertz CT molecular complexity index is 974. The zero-order valence-electron chi connectivity index (χ0n) is 14.6. The summed E-state index contributed by atoms with van der Waals surface area (Å²) in [6, 6.07) is 1.49. The fourth-order valence-corrected chi connectivity index (χ4v) is 3.88. The van der Waals surface area contributed by atoms with Crippen LogP contribution in [0.2, 0.25) is 0 Å². The van der Waals surface area contributed by atoms with E-state index in [-0.39, 0.29) is 17.1 Å². The third kappa shape index (κ3) is 5.20. The van der Waals surface area contributed by atoms with Crippen LogP contribution in [-0.2, 0) is 16.6 Å².